The van der Waals surface area contributed by atoms with Crippen molar-refractivity contribution in [2.45, 2.75) is 19.4 Å². The molecule has 0 unspecified atom stereocenters. The number of carboxylic acid groups (broad SMARTS) is 1. The van der Waals surface area contributed by atoms with Gasteiger partial charge in [0.2, 0.25) is 0 Å². The molecule has 2 rings (SSSR count). The van der Waals surface area contributed by atoms with Gasteiger partial charge in [-0.2, -0.15) is 0 Å². The molecule has 1 aromatic rings. The minimum atomic E-state index is -0.683. The Morgan fingerprint density at radius 2 is 2.11 bits per heavy atom. The Kier molecular flexibility index (Phi) is 4.10. The molecule has 4 heteroatoms. The zero-order valence-electron chi connectivity index (χ0n) is 10.2. The van der Waals surface area contributed by atoms with Crippen molar-refractivity contribution >= 4 is 12.3 Å². The predicted molar refractivity (Wildman–Crippen MR) is 67.5 cm³/mol. The fraction of sp³-hybridized carbons (Fsp3) is 0.429. The summed E-state index contributed by atoms with van der Waals surface area (Å²) in [6.45, 7) is 2.40. The molecule has 18 heavy (non-hydrogen) atoms. The van der Waals surface area contributed by atoms with E-state index in [0.29, 0.717) is 18.4 Å². The van der Waals surface area contributed by atoms with Gasteiger partial charge in [-0.25, -0.2) is 0 Å². The molecule has 1 N–H and O–H groups in total. The molecule has 1 aliphatic heterocycles. The number of benzene rings is 1. The van der Waals surface area contributed by atoms with Crippen LogP contribution in [0.1, 0.15) is 28.8 Å². The Labute approximate surface area is 106 Å². The number of carbonyl (C=O) groups excluding carboxylic acids is 1. The van der Waals surface area contributed by atoms with E-state index in [4.69, 9.17) is 5.11 Å². The monoisotopic (exact) mass is 247 g/mol. The van der Waals surface area contributed by atoms with E-state index in [1.54, 1.807) is 6.07 Å². The number of hydrogen-bond donors (Lipinski definition) is 1. The summed E-state index contributed by atoms with van der Waals surface area (Å²) in [7, 11) is 0. The molecule has 0 amide bonds. The fourth-order valence-corrected chi connectivity index (χ4v) is 2.36. The van der Waals surface area contributed by atoms with Crippen LogP contribution in [-0.4, -0.2) is 35.4 Å². The van der Waals surface area contributed by atoms with Crippen LogP contribution in [-0.2, 0) is 11.3 Å². The lowest BCUT2D eigenvalue weighted by Gasteiger charge is -2.30. The number of aldehydes is 1. The zero-order valence-corrected chi connectivity index (χ0v) is 10.2. The maximum atomic E-state index is 10.8. The van der Waals surface area contributed by atoms with E-state index >= 15 is 0 Å². The van der Waals surface area contributed by atoms with Crippen molar-refractivity contribution in [3.8, 4) is 0 Å². The number of nitrogens with zero attached hydrogens (tertiary/aromatic N) is 1. The Morgan fingerprint density at radius 1 is 1.39 bits per heavy atom. The minimum absolute atomic E-state index is 0.192. The van der Waals surface area contributed by atoms with Gasteiger partial charge < -0.3 is 5.11 Å². The molecule has 1 aliphatic rings. The number of carboxylic acids is 1. The molecule has 1 saturated heterocycles. The van der Waals surface area contributed by atoms with Crippen LogP contribution in [0.2, 0.25) is 0 Å². The molecule has 1 aromatic carbocycles. The number of piperidine rings is 1. The summed E-state index contributed by atoms with van der Waals surface area (Å²) in [5.74, 6) is -0.875. The van der Waals surface area contributed by atoms with Crippen molar-refractivity contribution in [3.05, 3.63) is 35.4 Å². The molecule has 0 radical (unpaired) electrons. The first-order valence-electron chi connectivity index (χ1n) is 6.18. The van der Waals surface area contributed by atoms with Gasteiger partial charge in [0.1, 0.15) is 6.29 Å². The van der Waals surface area contributed by atoms with Gasteiger partial charge in [-0.1, -0.05) is 18.2 Å². The van der Waals surface area contributed by atoms with Crippen LogP contribution in [0.25, 0.3) is 0 Å². The molecular weight excluding hydrogens is 230 g/mol. The molecule has 4 nitrogen and oxygen atoms in total. The zero-order chi connectivity index (χ0) is 13.0. The first-order valence-corrected chi connectivity index (χ1v) is 6.18. The molecule has 1 fully saturated rings. The average molecular weight is 247 g/mol. The van der Waals surface area contributed by atoms with E-state index in [-0.39, 0.29) is 5.92 Å². The SMILES string of the molecule is O=Cc1cccc(CN2CCC(C(=O)O)CC2)c1. The summed E-state index contributed by atoms with van der Waals surface area (Å²) in [6, 6.07) is 7.54. The third-order valence-corrected chi connectivity index (χ3v) is 3.43. The van der Waals surface area contributed by atoms with Crippen LogP contribution in [0.3, 0.4) is 0 Å². The Balaban J connectivity index is 1.91. The largest absolute Gasteiger partial charge is 0.481 e. The van der Waals surface area contributed by atoms with Gasteiger partial charge in [0.15, 0.2) is 0 Å². The van der Waals surface area contributed by atoms with Gasteiger partial charge in [-0.15, -0.1) is 0 Å². The molecule has 0 aliphatic carbocycles. The van der Waals surface area contributed by atoms with Crippen molar-refractivity contribution in [2.24, 2.45) is 5.92 Å². The summed E-state index contributed by atoms with van der Waals surface area (Å²) in [4.78, 5) is 23.8. The summed E-state index contributed by atoms with van der Waals surface area (Å²) in [6.07, 6.45) is 2.27. The molecule has 0 atom stereocenters. The minimum Gasteiger partial charge on any atom is -0.481 e. The Bertz CT molecular complexity index is 436. The highest BCUT2D eigenvalue weighted by Gasteiger charge is 2.24. The quantitative estimate of drug-likeness (QED) is 0.824. The van der Waals surface area contributed by atoms with E-state index in [1.807, 2.05) is 18.2 Å². The Hall–Kier alpha value is -1.68. The predicted octanol–water partition coefficient (Wildman–Crippen LogP) is 1.80. The summed E-state index contributed by atoms with van der Waals surface area (Å²) in [5.41, 5.74) is 1.79. The van der Waals surface area contributed by atoms with Crippen molar-refractivity contribution < 1.29 is 14.7 Å². The number of rotatable bonds is 4. The number of aliphatic carboxylic acids is 1. The maximum absolute atomic E-state index is 10.8. The maximum Gasteiger partial charge on any atom is 0.306 e. The molecule has 0 aromatic heterocycles. The van der Waals surface area contributed by atoms with E-state index in [1.165, 1.54) is 0 Å². The Morgan fingerprint density at radius 3 is 2.72 bits per heavy atom. The second kappa shape index (κ2) is 5.78. The second-order valence-electron chi connectivity index (χ2n) is 4.75. The summed E-state index contributed by atoms with van der Waals surface area (Å²) in [5, 5.41) is 8.93. The van der Waals surface area contributed by atoms with E-state index in [2.05, 4.69) is 4.90 Å². The first-order chi connectivity index (χ1) is 8.69. The van der Waals surface area contributed by atoms with Gasteiger partial charge in [-0.05, 0) is 37.6 Å². The van der Waals surface area contributed by atoms with Crippen molar-refractivity contribution in [2.75, 3.05) is 13.1 Å². The molecule has 0 bridgehead atoms. The normalized spacial score (nSPS) is 17.6. The van der Waals surface area contributed by atoms with Gasteiger partial charge in [-0.3, -0.25) is 14.5 Å². The number of hydrogen-bond acceptors (Lipinski definition) is 3. The molecule has 96 valence electrons. The fourth-order valence-electron chi connectivity index (χ4n) is 2.36. The highest BCUT2D eigenvalue weighted by molar-refractivity contribution is 5.74. The molecule has 0 saturated carbocycles. The van der Waals surface area contributed by atoms with Crippen LogP contribution >= 0.6 is 0 Å². The number of likely N-dealkylation sites (tertiary alicyclic amines) is 1. The van der Waals surface area contributed by atoms with Gasteiger partial charge in [0.25, 0.3) is 0 Å². The van der Waals surface area contributed by atoms with Crippen LogP contribution in [0.4, 0.5) is 0 Å². The smallest absolute Gasteiger partial charge is 0.306 e. The van der Waals surface area contributed by atoms with Gasteiger partial charge in [0.05, 0.1) is 5.92 Å². The summed E-state index contributed by atoms with van der Waals surface area (Å²) >= 11 is 0. The summed E-state index contributed by atoms with van der Waals surface area (Å²) < 4.78 is 0. The number of carbonyl (C=O) groups is 2. The highest BCUT2D eigenvalue weighted by Crippen LogP contribution is 2.19. The van der Waals surface area contributed by atoms with Crippen molar-refractivity contribution in [3.63, 3.8) is 0 Å². The second-order valence-corrected chi connectivity index (χ2v) is 4.75. The third-order valence-electron chi connectivity index (χ3n) is 3.43. The molecule has 0 spiro atoms. The van der Waals surface area contributed by atoms with Crippen LogP contribution in [0, 0.1) is 5.92 Å². The van der Waals surface area contributed by atoms with E-state index < -0.39 is 5.97 Å². The van der Waals surface area contributed by atoms with Gasteiger partial charge >= 0.3 is 5.97 Å². The van der Waals surface area contributed by atoms with Crippen LogP contribution in [0.15, 0.2) is 24.3 Å². The molecular formula is C14H17NO3. The van der Waals surface area contributed by atoms with Crippen LogP contribution in [0.5, 0.6) is 0 Å². The van der Waals surface area contributed by atoms with Crippen LogP contribution < -0.4 is 0 Å². The lowest BCUT2D eigenvalue weighted by atomic mass is 9.97. The van der Waals surface area contributed by atoms with Crippen molar-refractivity contribution in [1.82, 2.24) is 4.90 Å². The van der Waals surface area contributed by atoms with E-state index in [9.17, 15) is 9.59 Å². The lowest BCUT2D eigenvalue weighted by molar-refractivity contribution is -0.143. The average Bonchev–Trinajstić information content (AvgIpc) is 2.39. The topological polar surface area (TPSA) is 57.6 Å². The lowest BCUT2D eigenvalue weighted by Crippen LogP contribution is -2.35. The molecule has 1 heterocycles. The van der Waals surface area contributed by atoms with Crippen molar-refractivity contribution in [1.29, 1.82) is 0 Å². The van der Waals surface area contributed by atoms with Gasteiger partial charge in [0, 0.05) is 12.1 Å². The standard InChI is InChI=1S/C14H17NO3/c16-10-12-3-1-2-11(8-12)9-15-6-4-13(5-7-15)14(17)18/h1-3,8,10,13H,4-7,9H2,(H,17,18). The van der Waals surface area contributed by atoms with E-state index in [0.717, 1.165) is 31.5 Å². The third kappa shape index (κ3) is 3.17. The first kappa shape index (κ1) is 12.8. The highest BCUT2D eigenvalue weighted by atomic mass is 16.4.